The van der Waals surface area contributed by atoms with Gasteiger partial charge < -0.3 is 4.74 Å². The van der Waals surface area contributed by atoms with Gasteiger partial charge in [0.2, 0.25) is 0 Å². The number of benzene rings is 2. The number of nitrogens with zero attached hydrogens (tertiary/aromatic N) is 2. The van der Waals surface area contributed by atoms with Crippen LogP contribution < -0.4 is 9.46 Å². The molecule has 2 heterocycles. The number of hydrogen-bond acceptors (Lipinski definition) is 4. The highest BCUT2D eigenvalue weighted by Gasteiger charge is 2.39. The van der Waals surface area contributed by atoms with E-state index in [0.717, 1.165) is 42.6 Å². The van der Waals surface area contributed by atoms with Crippen LogP contribution in [0.15, 0.2) is 54.7 Å². The normalized spacial score (nSPS) is 18.7. The van der Waals surface area contributed by atoms with Gasteiger partial charge in [0.05, 0.1) is 6.61 Å². The van der Waals surface area contributed by atoms with Crippen molar-refractivity contribution in [1.29, 1.82) is 0 Å². The van der Waals surface area contributed by atoms with Gasteiger partial charge in [-0.25, -0.2) is 0 Å². The third-order valence-electron chi connectivity index (χ3n) is 6.30. The summed E-state index contributed by atoms with van der Waals surface area (Å²) >= 11 is 1.55. The molecule has 160 valence electrons. The molecule has 0 radical (unpaired) electrons. The summed E-state index contributed by atoms with van der Waals surface area (Å²) in [6.45, 7) is 2.88. The van der Waals surface area contributed by atoms with E-state index in [9.17, 15) is 4.79 Å². The molecule has 1 aliphatic carbocycles. The van der Waals surface area contributed by atoms with E-state index in [1.54, 1.807) is 11.9 Å². The summed E-state index contributed by atoms with van der Waals surface area (Å²) in [7, 11) is 1.98. The van der Waals surface area contributed by atoms with Crippen LogP contribution in [-0.4, -0.2) is 27.0 Å². The van der Waals surface area contributed by atoms with E-state index >= 15 is 0 Å². The second kappa shape index (κ2) is 8.08. The van der Waals surface area contributed by atoms with Crippen LogP contribution >= 0.6 is 11.9 Å². The fraction of sp³-hybridized carbons (Fsp3) is 0.360. The summed E-state index contributed by atoms with van der Waals surface area (Å²) in [5.41, 5.74) is 5.10. The number of amides is 1. The first-order chi connectivity index (χ1) is 15.0. The predicted octanol–water partition coefficient (Wildman–Crippen LogP) is 4.81. The molecular formula is C25H27N3O2S. The van der Waals surface area contributed by atoms with Crippen molar-refractivity contribution in [3.05, 3.63) is 71.5 Å². The fourth-order valence-corrected chi connectivity index (χ4v) is 4.82. The molecule has 5 nitrogen and oxygen atoms in total. The lowest BCUT2D eigenvalue weighted by Gasteiger charge is -2.26. The molecule has 1 N–H and O–H groups in total. The van der Waals surface area contributed by atoms with Gasteiger partial charge >= 0.3 is 0 Å². The van der Waals surface area contributed by atoms with Gasteiger partial charge in [0, 0.05) is 35.2 Å². The minimum absolute atomic E-state index is 0.0383. The van der Waals surface area contributed by atoms with Crippen LogP contribution in [0.25, 0.3) is 11.1 Å². The minimum Gasteiger partial charge on any atom is -0.493 e. The molecule has 3 aromatic rings. The van der Waals surface area contributed by atoms with E-state index in [2.05, 4.69) is 41.0 Å². The van der Waals surface area contributed by atoms with E-state index in [0.29, 0.717) is 18.1 Å². The van der Waals surface area contributed by atoms with E-state index < -0.39 is 0 Å². The lowest BCUT2D eigenvalue weighted by Crippen LogP contribution is -2.23. The molecule has 0 saturated heterocycles. The second-order valence-corrected chi connectivity index (χ2v) is 10.3. The molecular weight excluding hydrogens is 406 g/mol. The standard InChI is InChI=1S/C25H27N3O2S/c1-25(10-11-25)31-27-24(29)22-6-4-3-5-21(22)18-7-8-19-13-17(16-30-23(19)15-18)14-20-9-12-26-28(20)2/h3-9,12,15,17H,10-11,13-14,16H2,1-2H3,(H,27,29). The Labute approximate surface area is 187 Å². The van der Waals surface area contributed by atoms with Crippen molar-refractivity contribution in [2.24, 2.45) is 13.0 Å². The Kier molecular flexibility index (Phi) is 5.26. The van der Waals surface area contributed by atoms with Crippen LogP contribution in [-0.2, 0) is 19.9 Å². The van der Waals surface area contributed by atoms with Gasteiger partial charge in [0.15, 0.2) is 0 Å². The molecule has 1 saturated carbocycles. The number of carbonyl (C=O) groups is 1. The molecule has 1 aromatic heterocycles. The maximum Gasteiger partial charge on any atom is 0.261 e. The SMILES string of the molecule is Cn1nccc1CC1COc2cc(-c3ccccc3C(=O)NSC3(C)CC3)ccc2C1. The van der Waals surface area contributed by atoms with E-state index in [4.69, 9.17) is 4.74 Å². The number of hydrogen-bond donors (Lipinski definition) is 1. The molecule has 0 bridgehead atoms. The Morgan fingerprint density at radius 1 is 1.26 bits per heavy atom. The Hall–Kier alpha value is -2.73. The number of aromatic nitrogens is 2. The monoisotopic (exact) mass is 433 g/mol. The second-order valence-electron chi connectivity index (χ2n) is 8.88. The van der Waals surface area contributed by atoms with E-state index in [1.807, 2.05) is 42.2 Å². The molecule has 1 amide bonds. The molecule has 1 atom stereocenters. The molecule has 31 heavy (non-hydrogen) atoms. The topological polar surface area (TPSA) is 56.2 Å². The zero-order valence-corrected chi connectivity index (χ0v) is 18.7. The van der Waals surface area contributed by atoms with Gasteiger partial charge in [0.1, 0.15) is 5.75 Å². The largest absolute Gasteiger partial charge is 0.493 e. The van der Waals surface area contributed by atoms with Gasteiger partial charge in [-0.15, -0.1) is 0 Å². The molecule has 1 fully saturated rings. The number of aryl methyl sites for hydroxylation is 1. The number of carbonyl (C=O) groups excluding carboxylic acids is 1. The molecule has 1 aliphatic heterocycles. The fourth-order valence-electron chi connectivity index (χ4n) is 4.07. The molecule has 6 heteroatoms. The van der Waals surface area contributed by atoms with Crippen molar-refractivity contribution >= 4 is 17.9 Å². The zero-order chi connectivity index (χ0) is 21.4. The highest BCUT2D eigenvalue weighted by Crippen LogP contribution is 2.46. The van der Waals surface area contributed by atoms with Gasteiger partial charge in [-0.1, -0.05) is 30.3 Å². The van der Waals surface area contributed by atoms with Crippen LogP contribution in [0.4, 0.5) is 0 Å². The van der Waals surface area contributed by atoms with Crippen LogP contribution in [0.1, 0.15) is 41.4 Å². The van der Waals surface area contributed by atoms with Crippen LogP contribution in [0.5, 0.6) is 5.75 Å². The van der Waals surface area contributed by atoms with Gasteiger partial charge in [-0.2, -0.15) is 5.10 Å². The first kappa shape index (κ1) is 20.2. The number of fused-ring (bicyclic) bond motifs is 1. The summed E-state index contributed by atoms with van der Waals surface area (Å²) in [6, 6.07) is 16.2. The average molecular weight is 434 g/mol. The summed E-state index contributed by atoms with van der Waals surface area (Å²) in [6.07, 6.45) is 6.10. The van der Waals surface area contributed by atoms with Gasteiger partial charge in [-0.3, -0.25) is 14.2 Å². The Bertz CT molecular complexity index is 1120. The average Bonchev–Trinajstić information content (AvgIpc) is 3.40. The smallest absolute Gasteiger partial charge is 0.261 e. The summed E-state index contributed by atoms with van der Waals surface area (Å²) in [4.78, 5) is 12.9. The van der Waals surface area contributed by atoms with Crippen molar-refractivity contribution in [1.82, 2.24) is 14.5 Å². The molecule has 5 rings (SSSR count). The van der Waals surface area contributed by atoms with Crippen LogP contribution in [0.2, 0.25) is 0 Å². The van der Waals surface area contributed by atoms with Crippen molar-refractivity contribution in [3.8, 4) is 16.9 Å². The van der Waals surface area contributed by atoms with Gasteiger partial charge in [-0.05, 0) is 79.4 Å². The Balaban J connectivity index is 1.33. The molecule has 1 unspecified atom stereocenters. The predicted molar refractivity (Wildman–Crippen MR) is 124 cm³/mol. The molecule has 0 spiro atoms. The maximum absolute atomic E-state index is 12.9. The highest BCUT2D eigenvalue weighted by atomic mass is 32.2. The molecule has 2 aromatic carbocycles. The first-order valence-corrected chi connectivity index (χ1v) is 11.6. The summed E-state index contributed by atoms with van der Waals surface area (Å²) < 4.78 is 11.3. The Morgan fingerprint density at radius 2 is 2.10 bits per heavy atom. The quantitative estimate of drug-likeness (QED) is 0.567. The third kappa shape index (κ3) is 4.35. The minimum atomic E-state index is -0.0383. The van der Waals surface area contributed by atoms with E-state index in [-0.39, 0.29) is 10.7 Å². The van der Waals surface area contributed by atoms with Crippen molar-refractivity contribution < 1.29 is 9.53 Å². The highest BCUT2D eigenvalue weighted by molar-refractivity contribution is 7.99. The van der Waals surface area contributed by atoms with Crippen molar-refractivity contribution in [2.75, 3.05) is 6.61 Å². The van der Waals surface area contributed by atoms with Crippen LogP contribution in [0, 0.1) is 5.92 Å². The summed E-state index contributed by atoms with van der Waals surface area (Å²) in [5.74, 6) is 1.32. The lowest BCUT2D eigenvalue weighted by atomic mass is 9.90. The van der Waals surface area contributed by atoms with Gasteiger partial charge in [0.25, 0.3) is 5.91 Å². The summed E-state index contributed by atoms with van der Waals surface area (Å²) in [5, 5.41) is 4.27. The molecule has 2 aliphatic rings. The Morgan fingerprint density at radius 3 is 2.87 bits per heavy atom. The zero-order valence-electron chi connectivity index (χ0n) is 17.9. The number of nitrogens with one attached hydrogen (secondary N) is 1. The van der Waals surface area contributed by atoms with E-state index in [1.165, 1.54) is 11.3 Å². The van der Waals surface area contributed by atoms with Crippen molar-refractivity contribution in [3.63, 3.8) is 0 Å². The number of ether oxygens (including phenoxy) is 1. The first-order valence-electron chi connectivity index (χ1n) is 10.8. The lowest BCUT2D eigenvalue weighted by molar-refractivity contribution is 0.0984. The third-order valence-corrected chi connectivity index (χ3v) is 7.49. The van der Waals surface area contributed by atoms with Crippen molar-refractivity contribution in [2.45, 2.75) is 37.4 Å². The maximum atomic E-state index is 12.9. The number of rotatable bonds is 6. The van der Waals surface area contributed by atoms with Crippen LogP contribution in [0.3, 0.4) is 0 Å².